The second kappa shape index (κ2) is 8.76. The molecule has 2 aromatic carbocycles. The third kappa shape index (κ3) is 4.62. The number of sulfone groups is 1. The molecule has 146 valence electrons. The molecular weight excluding hydrogens is 362 g/mol. The molecule has 0 N–H and O–H groups in total. The number of nitrogens with zero attached hydrogens (tertiary/aromatic N) is 1. The lowest BCUT2D eigenvalue weighted by molar-refractivity contribution is 0.251. The number of ether oxygens (including phenoxy) is 2. The molecule has 1 aliphatic rings. The first-order valence-electron chi connectivity index (χ1n) is 9.29. The lowest BCUT2D eigenvalue weighted by atomic mass is 10.0. The minimum atomic E-state index is -3.23. The normalized spacial score (nSPS) is 17.8. The zero-order chi connectivity index (χ0) is 19.3. The summed E-state index contributed by atoms with van der Waals surface area (Å²) in [5.41, 5.74) is 1.11. The van der Waals surface area contributed by atoms with E-state index in [2.05, 4.69) is 4.90 Å². The summed E-state index contributed by atoms with van der Waals surface area (Å²) in [7, 11) is 0.108. The van der Waals surface area contributed by atoms with E-state index >= 15 is 0 Å². The van der Waals surface area contributed by atoms with Crippen molar-refractivity contribution >= 4 is 9.84 Å². The van der Waals surface area contributed by atoms with E-state index in [9.17, 15) is 8.42 Å². The van der Waals surface area contributed by atoms with E-state index in [0.717, 1.165) is 43.0 Å². The van der Waals surface area contributed by atoms with Crippen molar-refractivity contribution in [1.29, 1.82) is 0 Å². The van der Waals surface area contributed by atoms with Crippen molar-refractivity contribution in [3.8, 4) is 11.5 Å². The van der Waals surface area contributed by atoms with Crippen LogP contribution in [-0.4, -0.2) is 46.4 Å². The van der Waals surface area contributed by atoms with Crippen LogP contribution in [0.4, 0.5) is 0 Å². The van der Waals surface area contributed by atoms with Gasteiger partial charge in [0.05, 0.1) is 24.9 Å². The number of benzene rings is 2. The Morgan fingerprint density at radius 2 is 1.85 bits per heavy atom. The second-order valence-corrected chi connectivity index (χ2v) is 8.90. The van der Waals surface area contributed by atoms with Crippen molar-refractivity contribution in [1.82, 2.24) is 4.90 Å². The second-order valence-electron chi connectivity index (χ2n) is 6.79. The fourth-order valence-electron chi connectivity index (χ4n) is 3.75. The van der Waals surface area contributed by atoms with Crippen LogP contribution in [0, 0.1) is 0 Å². The highest BCUT2D eigenvalue weighted by Gasteiger charge is 2.28. The highest BCUT2D eigenvalue weighted by atomic mass is 32.2. The Hall–Kier alpha value is -2.05. The van der Waals surface area contributed by atoms with E-state index in [-0.39, 0.29) is 11.8 Å². The summed E-state index contributed by atoms with van der Waals surface area (Å²) in [6.07, 6.45) is 2.74. The summed E-state index contributed by atoms with van der Waals surface area (Å²) >= 11 is 0. The summed E-state index contributed by atoms with van der Waals surface area (Å²) in [6.45, 7) is 1.72. The Balaban J connectivity index is 1.67. The van der Waals surface area contributed by atoms with Gasteiger partial charge in [-0.05, 0) is 62.7 Å². The molecule has 5 nitrogen and oxygen atoms in total. The number of hydrogen-bond acceptors (Lipinski definition) is 5. The van der Waals surface area contributed by atoms with Crippen molar-refractivity contribution in [3.63, 3.8) is 0 Å². The molecule has 0 amide bonds. The van der Waals surface area contributed by atoms with E-state index in [1.807, 2.05) is 24.3 Å². The van der Waals surface area contributed by atoms with Crippen LogP contribution in [0.5, 0.6) is 11.5 Å². The molecule has 0 radical (unpaired) electrons. The van der Waals surface area contributed by atoms with Crippen LogP contribution in [0.3, 0.4) is 0 Å². The van der Waals surface area contributed by atoms with Crippen LogP contribution in [0.2, 0.25) is 0 Å². The molecule has 1 heterocycles. The Morgan fingerprint density at radius 3 is 2.56 bits per heavy atom. The summed E-state index contributed by atoms with van der Waals surface area (Å²) in [4.78, 5) is 2.76. The zero-order valence-corrected chi connectivity index (χ0v) is 16.7. The molecular formula is C21H27NO4S. The highest BCUT2D eigenvalue weighted by molar-refractivity contribution is 7.91. The lowest BCUT2D eigenvalue weighted by Gasteiger charge is -2.26. The molecule has 0 aromatic heterocycles. The van der Waals surface area contributed by atoms with Gasteiger partial charge in [0.15, 0.2) is 9.84 Å². The van der Waals surface area contributed by atoms with Gasteiger partial charge in [0.2, 0.25) is 0 Å². The van der Waals surface area contributed by atoms with E-state index in [0.29, 0.717) is 11.3 Å². The van der Waals surface area contributed by atoms with E-state index < -0.39 is 9.84 Å². The third-order valence-corrected chi connectivity index (χ3v) is 6.94. The summed E-state index contributed by atoms with van der Waals surface area (Å²) < 4.78 is 35.9. The van der Waals surface area contributed by atoms with Gasteiger partial charge >= 0.3 is 0 Å². The smallest absolute Gasteiger partial charge is 0.178 e. The molecule has 1 unspecified atom stereocenters. The fraction of sp³-hybridized carbons (Fsp3) is 0.429. The first-order valence-corrected chi connectivity index (χ1v) is 10.9. The predicted octanol–water partition coefficient (Wildman–Crippen LogP) is 3.70. The zero-order valence-electron chi connectivity index (χ0n) is 15.9. The summed E-state index contributed by atoms with van der Waals surface area (Å²) in [6, 6.07) is 14.8. The maximum atomic E-state index is 12.5. The van der Waals surface area contributed by atoms with Crippen LogP contribution in [0.15, 0.2) is 53.4 Å². The average molecular weight is 390 g/mol. The van der Waals surface area contributed by atoms with Crippen molar-refractivity contribution in [2.45, 2.75) is 30.2 Å². The van der Waals surface area contributed by atoms with Crippen LogP contribution < -0.4 is 9.47 Å². The Labute approximate surface area is 161 Å². The van der Waals surface area contributed by atoms with Gasteiger partial charge in [-0.15, -0.1) is 0 Å². The van der Waals surface area contributed by atoms with Crippen molar-refractivity contribution in [2.24, 2.45) is 0 Å². The van der Waals surface area contributed by atoms with Crippen LogP contribution in [0.25, 0.3) is 0 Å². The van der Waals surface area contributed by atoms with E-state index in [4.69, 9.17) is 9.47 Å². The predicted molar refractivity (Wildman–Crippen MR) is 106 cm³/mol. The number of rotatable bonds is 8. The molecule has 0 aliphatic carbocycles. The van der Waals surface area contributed by atoms with Gasteiger partial charge in [0.1, 0.15) is 11.5 Å². The molecule has 0 bridgehead atoms. The van der Waals surface area contributed by atoms with Gasteiger partial charge in [0.25, 0.3) is 0 Å². The molecule has 0 spiro atoms. The summed E-state index contributed by atoms with van der Waals surface area (Å²) in [5.74, 6) is 1.82. The minimum Gasteiger partial charge on any atom is -0.497 e. The Bertz CT molecular complexity index is 852. The lowest BCUT2D eigenvalue weighted by Crippen LogP contribution is -2.26. The topological polar surface area (TPSA) is 55.8 Å². The molecule has 1 aliphatic heterocycles. The van der Waals surface area contributed by atoms with Gasteiger partial charge in [-0.2, -0.15) is 0 Å². The monoisotopic (exact) mass is 389 g/mol. The van der Waals surface area contributed by atoms with E-state index in [1.165, 1.54) is 0 Å². The van der Waals surface area contributed by atoms with Gasteiger partial charge in [-0.1, -0.05) is 18.2 Å². The highest BCUT2D eigenvalue weighted by Crippen LogP contribution is 2.38. The molecule has 1 atom stereocenters. The van der Waals surface area contributed by atoms with Crippen molar-refractivity contribution < 1.29 is 17.9 Å². The number of likely N-dealkylation sites (tertiary alicyclic amines) is 1. The quantitative estimate of drug-likeness (QED) is 0.689. The van der Waals surface area contributed by atoms with Crippen LogP contribution in [-0.2, 0) is 9.84 Å². The third-order valence-electron chi connectivity index (χ3n) is 5.12. The van der Waals surface area contributed by atoms with E-state index in [1.54, 1.807) is 38.5 Å². The molecule has 3 rings (SSSR count). The van der Waals surface area contributed by atoms with Gasteiger partial charge < -0.3 is 9.47 Å². The standard InChI is InChI=1S/C21H27NO4S/c1-25-17-11-12-21(26-2)19(16-17)20-10-6-13-22(20)14-7-15-27(23,24)18-8-4-3-5-9-18/h3-5,8-9,11-12,16,20H,6-7,10,13-15H2,1-2H3. The van der Waals surface area contributed by atoms with Gasteiger partial charge in [-0.25, -0.2) is 8.42 Å². The van der Waals surface area contributed by atoms with Crippen molar-refractivity contribution in [3.05, 3.63) is 54.1 Å². The Kier molecular flexibility index (Phi) is 6.39. The van der Waals surface area contributed by atoms with Crippen LogP contribution >= 0.6 is 0 Å². The van der Waals surface area contributed by atoms with Gasteiger partial charge in [0, 0.05) is 11.6 Å². The maximum absolute atomic E-state index is 12.5. The number of methoxy groups -OCH3 is 2. The largest absolute Gasteiger partial charge is 0.497 e. The molecule has 27 heavy (non-hydrogen) atoms. The maximum Gasteiger partial charge on any atom is 0.178 e. The molecule has 0 saturated carbocycles. The first kappa shape index (κ1) is 19.7. The molecule has 6 heteroatoms. The molecule has 2 aromatic rings. The van der Waals surface area contributed by atoms with Gasteiger partial charge in [-0.3, -0.25) is 4.90 Å². The van der Waals surface area contributed by atoms with Crippen molar-refractivity contribution in [2.75, 3.05) is 33.1 Å². The molecule has 1 fully saturated rings. The fourth-order valence-corrected chi connectivity index (χ4v) is 5.07. The van der Waals surface area contributed by atoms with Crippen LogP contribution in [0.1, 0.15) is 30.9 Å². The molecule has 1 saturated heterocycles. The summed E-state index contributed by atoms with van der Waals surface area (Å²) in [5, 5.41) is 0. The average Bonchev–Trinajstić information content (AvgIpc) is 3.16. The SMILES string of the molecule is COc1ccc(OC)c(C2CCCN2CCCS(=O)(=O)c2ccccc2)c1. The Morgan fingerprint density at radius 1 is 1.07 bits per heavy atom. The minimum absolute atomic E-state index is 0.162. The number of hydrogen-bond donors (Lipinski definition) is 0. The first-order chi connectivity index (χ1) is 13.0.